The molecule has 2 aromatic rings. The van der Waals surface area contributed by atoms with Crippen LogP contribution in [0.1, 0.15) is 17.4 Å². The van der Waals surface area contributed by atoms with Gasteiger partial charge in [-0.15, -0.1) is 35.3 Å². The SMILES string of the molecule is CCNC(=NCc1cccnc1OCC(F)(F)F)NCc1cccs1.I. The molecule has 0 amide bonds. The molecule has 0 saturated heterocycles. The summed E-state index contributed by atoms with van der Waals surface area (Å²) >= 11 is 1.63. The van der Waals surface area contributed by atoms with Crippen LogP contribution in [0.5, 0.6) is 5.88 Å². The van der Waals surface area contributed by atoms with Crippen LogP contribution in [0.4, 0.5) is 13.2 Å². The monoisotopic (exact) mass is 500 g/mol. The van der Waals surface area contributed by atoms with Crippen LogP contribution in [-0.2, 0) is 13.1 Å². The number of pyridine rings is 1. The smallest absolute Gasteiger partial charge is 0.422 e. The van der Waals surface area contributed by atoms with Crippen molar-refractivity contribution in [3.05, 3.63) is 46.3 Å². The van der Waals surface area contributed by atoms with Crippen LogP contribution in [0.25, 0.3) is 0 Å². The Kier molecular flexibility index (Phi) is 9.70. The van der Waals surface area contributed by atoms with E-state index in [0.717, 1.165) is 4.88 Å². The molecule has 2 rings (SSSR count). The van der Waals surface area contributed by atoms with Crippen molar-refractivity contribution in [2.45, 2.75) is 26.2 Å². The number of guanidine groups is 1. The predicted molar refractivity (Wildman–Crippen MR) is 107 cm³/mol. The molecule has 0 fully saturated rings. The summed E-state index contributed by atoms with van der Waals surface area (Å²) in [6, 6.07) is 7.25. The largest absolute Gasteiger partial charge is 0.468 e. The van der Waals surface area contributed by atoms with E-state index >= 15 is 0 Å². The van der Waals surface area contributed by atoms with E-state index in [1.54, 1.807) is 23.5 Å². The van der Waals surface area contributed by atoms with Gasteiger partial charge < -0.3 is 15.4 Å². The van der Waals surface area contributed by atoms with Gasteiger partial charge in [0.25, 0.3) is 0 Å². The summed E-state index contributed by atoms with van der Waals surface area (Å²) in [6.07, 6.45) is -3.02. The fourth-order valence-corrected chi connectivity index (χ4v) is 2.56. The number of aliphatic imine (C=N–C) groups is 1. The number of aromatic nitrogens is 1. The summed E-state index contributed by atoms with van der Waals surface area (Å²) in [5, 5.41) is 8.26. The van der Waals surface area contributed by atoms with Gasteiger partial charge in [0, 0.05) is 23.2 Å². The van der Waals surface area contributed by atoms with Crippen molar-refractivity contribution >= 4 is 41.3 Å². The Hall–Kier alpha value is -1.56. The van der Waals surface area contributed by atoms with Crippen LogP contribution < -0.4 is 15.4 Å². The Morgan fingerprint density at radius 2 is 2.08 bits per heavy atom. The van der Waals surface area contributed by atoms with Crippen molar-refractivity contribution < 1.29 is 17.9 Å². The molecule has 0 bridgehead atoms. The van der Waals surface area contributed by atoms with Gasteiger partial charge in [0.2, 0.25) is 5.88 Å². The highest BCUT2D eigenvalue weighted by Crippen LogP contribution is 2.20. The first-order valence-electron chi connectivity index (χ1n) is 7.66. The highest BCUT2D eigenvalue weighted by Gasteiger charge is 2.29. The lowest BCUT2D eigenvalue weighted by atomic mass is 10.3. The number of ether oxygens (including phenoxy) is 1. The van der Waals surface area contributed by atoms with Crippen LogP contribution >= 0.6 is 35.3 Å². The Balaban J connectivity index is 0.00000338. The standard InChI is InChI=1S/C16H19F3N4OS.HI/c1-2-20-15(23-10-13-6-4-8-25-13)22-9-12-5-3-7-21-14(12)24-11-16(17,18)19;/h3-8H,2,9-11H2,1H3,(H2,20,22,23);1H. The Morgan fingerprint density at radius 1 is 1.27 bits per heavy atom. The van der Waals surface area contributed by atoms with Gasteiger partial charge in [-0.25, -0.2) is 9.98 Å². The van der Waals surface area contributed by atoms with Gasteiger partial charge in [0.15, 0.2) is 12.6 Å². The number of rotatable bonds is 7. The number of nitrogens with one attached hydrogen (secondary N) is 2. The summed E-state index contributed by atoms with van der Waals surface area (Å²) in [5.74, 6) is 0.513. The van der Waals surface area contributed by atoms with Crippen LogP contribution in [0, 0.1) is 0 Å². The van der Waals surface area contributed by atoms with Crippen molar-refractivity contribution in [2.24, 2.45) is 4.99 Å². The third kappa shape index (κ3) is 8.21. The van der Waals surface area contributed by atoms with E-state index < -0.39 is 12.8 Å². The maximum atomic E-state index is 12.3. The first-order chi connectivity index (χ1) is 12.0. The lowest BCUT2D eigenvalue weighted by Crippen LogP contribution is -2.36. The molecule has 0 atom stereocenters. The Morgan fingerprint density at radius 3 is 2.73 bits per heavy atom. The second-order valence-electron chi connectivity index (χ2n) is 5.00. The topological polar surface area (TPSA) is 58.5 Å². The summed E-state index contributed by atoms with van der Waals surface area (Å²) in [4.78, 5) is 9.40. The van der Waals surface area contributed by atoms with Gasteiger partial charge >= 0.3 is 6.18 Å². The maximum Gasteiger partial charge on any atom is 0.422 e. The quantitative estimate of drug-likeness (QED) is 0.344. The van der Waals surface area contributed by atoms with Gasteiger partial charge in [-0.2, -0.15) is 13.2 Å². The number of thiophene rings is 1. The summed E-state index contributed by atoms with van der Waals surface area (Å²) in [7, 11) is 0. The fourth-order valence-electron chi connectivity index (χ4n) is 1.91. The second-order valence-corrected chi connectivity index (χ2v) is 6.03. The molecule has 0 aliphatic heterocycles. The van der Waals surface area contributed by atoms with Crippen molar-refractivity contribution in [3.8, 4) is 5.88 Å². The minimum absolute atomic E-state index is 0. The number of hydrogen-bond donors (Lipinski definition) is 2. The van der Waals surface area contributed by atoms with E-state index in [4.69, 9.17) is 4.74 Å². The predicted octanol–water partition coefficient (Wildman–Crippen LogP) is 3.96. The summed E-state index contributed by atoms with van der Waals surface area (Å²) < 4.78 is 41.7. The highest BCUT2D eigenvalue weighted by atomic mass is 127. The number of hydrogen-bond acceptors (Lipinski definition) is 4. The molecule has 2 N–H and O–H groups in total. The first kappa shape index (κ1) is 22.5. The zero-order chi connectivity index (χ0) is 18.1. The van der Waals surface area contributed by atoms with Gasteiger partial charge in [0.1, 0.15) is 0 Å². The first-order valence-corrected chi connectivity index (χ1v) is 8.54. The van der Waals surface area contributed by atoms with Crippen molar-refractivity contribution in [1.29, 1.82) is 0 Å². The Bertz CT molecular complexity index is 680. The zero-order valence-electron chi connectivity index (χ0n) is 14.0. The van der Waals surface area contributed by atoms with E-state index in [-0.39, 0.29) is 36.4 Å². The number of halogens is 4. The molecular formula is C16H20F3IN4OS. The van der Waals surface area contributed by atoms with Crippen molar-refractivity contribution in [1.82, 2.24) is 15.6 Å². The van der Waals surface area contributed by atoms with E-state index in [1.165, 1.54) is 6.20 Å². The molecule has 2 aromatic heterocycles. The molecule has 0 unspecified atom stereocenters. The fraction of sp³-hybridized carbons (Fsp3) is 0.375. The van der Waals surface area contributed by atoms with Gasteiger partial charge in [-0.3, -0.25) is 0 Å². The molecule has 5 nitrogen and oxygen atoms in total. The van der Waals surface area contributed by atoms with Crippen LogP contribution in [0.3, 0.4) is 0 Å². The normalized spacial score (nSPS) is 11.6. The zero-order valence-corrected chi connectivity index (χ0v) is 17.2. The van der Waals surface area contributed by atoms with Gasteiger partial charge in [0.05, 0.1) is 13.1 Å². The highest BCUT2D eigenvalue weighted by molar-refractivity contribution is 14.0. The molecular weight excluding hydrogens is 480 g/mol. The molecule has 0 aliphatic rings. The summed E-state index contributed by atoms with van der Waals surface area (Å²) in [5.41, 5.74) is 0.486. The second kappa shape index (κ2) is 11.2. The minimum atomic E-state index is -4.41. The summed E-state index contributed by atoms with van der Waals surface area (Å²) in [6.45, 7) is 2.00. The number of nitrogens with zero attached hydrogens (tertiary/aromatic N) is 2. The third-order valence-corrected chi connectivity index (χ3v) is 3.86. The van der Waals surface area contributed by atoms with E-state index in [9.17, 15) is 13.2 Å². The Labute approximate surface area is 171 Å². The number of alkyl halides is 3. The van der Waals surface area contributed by atoms with E-state index in [0.29, 0.717) is 24.6 Å². The van der Waals surface area contributed by atoms with Gasteiger partial charge in [-0.05, 0) is 24.4 Å². The third-order valence-electron chi connectivity index (χ3n) is 2.98. The van der Waals surface area contributed by atoms with Crippen LogP contribution in [0.15, 0.2) is 40.8 Å². The lowest BCUT2D eigenvalue weighted by Gasteiger charge is -2.12. The minimum Gasteiger partial charge on any atom is -0.468 e. The van der Waals surface area contributed by atoms with E-state index in [2.05, 4.69) is 20.6 Å². The maximum absolute atomic E-state index is 12.3. The van der Waals surface area contributed by atoms with Gasteiger partial charge in [-0.1, -0.05) is 12.1 Å². The molecule has 26 heavy (non-hydrogen) atoms. The molecule has 0 spiro atoms. The molecule has 2 heterocycles. The average Bonchev–Trinajstić information content (AvgIpc) is 3.09. The molecule has 10 heteroatoms. The van der Waals surface area contributed by atoms with Crippen molar-refractivity contribution in [3.63, 3.8) is 0 Å². The van der Waals surface area contributed by atoms with Crippen molar-refractivity contribution in [2.75, 3.05) is 13.2 Å². The molecule has 144 valence electrons. The molecule has 0 aromatic carbocycles. The molecule has 0 saturated carbocycles. The molecule has 0 radical (unpaired) electrons. The van der Waals surface area contributed by atoms with Crippen LogP contribution in [0.2, 0.25) is 0 Å². The average molecular weight is 500 g/mol. The lowest BCUT2D eigenvalue weighted by molar-refractivity contribution is -0.154. The molecule has 0 aliphatic carbocycles. The van der Waals surface area contributed by atoms with E-state index in [1.807, 2.05) is 24.4 Å². The van der Waals surface area contributed by atoms with Crippen LogP contribution in [-0.4, -0.2) is 30.3 Å².